The maximum atomic E-state index is 6.10. The largest absolute Gasteiger partial charge is 0.339 e. The maximum absolute atomic E-state index is 6.10. The Kier molecular flexibility index (Phi) is 5.70. The van der Waals surface area contributed by atoms with E-state index in [9.17, 15) is 0 Å². The molecule has 0 aliphatic rings. The average molecular weight is 309 g/mol. The van der Waals surface area contributed by atoms with Crippen molar-refractivity contribution in [1.29, 1.82) is 0 Å². The first-order valence-electron chi connectivity index (χ1n) is 7.27. The fraction of sp³-hybridized carbons (Fsp3) is 0.533. The third-order valence-electron chi connectivity index (χ3n) is 3.11. The molecular weight excluding hydrogens is 288 g/mol. The van der Waals surface area contributed by atoms with E-state index < -0.39 is 0 Å². The summed E-state index contributed by atoms with van der Waals surface area (Å²) in [5.74, 6) is 1.66. The van der Waals surface area contributed by atoms with E-state index in [1.165, 1.54) is 0 Å². The fourth-order valence-electron chi connectivity index (χ4n) is 2.29. The van der Waals surface area contributed by atoms with Crippen LogP contribution in [0.15, 0.2) is 22.9 Å². The van der Waals surface area contributed by atoms with Gasteiger partial charge in [-0.25, -0.2) is 0 Å². The number of aromatic nitrogens is 3. The highest BCUT2D eigenvalue weighted by molar-refractivity contribution is 6.32. The quantitative estimate of drug-likeness (QED) is 0.849. The van der Waals surface area contributed by atoms with Crippen molar-refractivity contribution in [1.82, 2.24) is 20.4 Å². The normalized spacial score (nSPS) is 12.8. The van der Waals surface area contributed by atoms with Crippen LogP contribution >= 0.6 is 11.6 Å². The van der Waals surface area contributed by atoms with Crippen LogP contribution in [0.1, 0.15) is 33.1 Å². The van der Waals surface area contributed by atoms with Gasteiger partial charge in [-0.3, -0.25) is 4.98 Å². The van der Waals surface area contributed by atoms with Crippen LogP contribution in [0, 0.1) is 5.92 Å². The zero-order chi connectivity index (χ0) is 15.2. The van der Waals surface area contributed by atoms with Gasteiger partial charge in [0.05, 0.1) is 5.02 Å². The summed E-state index contributed by atoms with van der Waals surface area (Å²) >= 11 is 6.10. The van der Waals surface area contributed by atoms with Gasteiger partial charge in [0, 0.05) is 18.7 Å². The molecule has 0 aliphatic carbocycles. The molecule has 2 aromatic rings. The van der Waals surface area contributed by atoms with Crippen LogP contribution in [0.5, 0.6) is 0 Å². The molecule has 0 aliphatic heterocycles. The number of halogens is 1. The lowest BCUT2D eigenvalue weighted by Crippen LogP contribution is -2.32. The van der Waals surface area contributed by atoms with Gasteiger partial charge in [-0.15, -0.1) is 0 Å². The first kappa shape index (κ1) is 15.9. The summed E-state index contributed by atoms with van der Waals surface area (Å²) in [6, 6.07) is 3.87. The van der Waals surface area contributed by atoms with Crippen LogP contribution in [0.3, 0.4) is 0 Å². The second kappa shape index (κ2) is 7.52. The van der Waals surface area contributed by atoms with E-state index in [2.05, 4.69) is 41.2 Å². The van der Waals surface area contributed by atoms with Crippen molar-refractivity contribution in [3.05, 3.63) is 29.2 Å². The standard InChI is InChI=1S/C15H21ClN4O/c1-4-17-11(8-10(2)3)9-13-19-15(20-21-13)14-12(16)6-5-7-18-14/h5-7,10-11,17H,4,8-9H2,1-3H3. The minimum atomic E-state index is 0.336. The Morgan fingerprint density at radius 1 is 1.38 bits per heavy atom. The Morgan fingerprint density at radius 2 is 2.19 bits per heavy atom. The second-order valence-corrected chi connectivity index (χ2v) is 5.84. The van der Waals surface area contributed by atoms with Crippen molar-refractivity contribution in [2.24, 2.45) is 5.92 Å². The molecule has 6 heteroatoms. The molecule has 1 unspecified atom stereocenters. The lowest BCUT2D eigenvalue weighted by Gasteiger charge is -2.17. The van der Waals surface area contributed by atoms with E-state index in [0.717, 1.165) is 13.0 Å². The second-order valence-electron chi connectivity index (χ2n) is 5.43. The monoisotopic (exact) mass is 308 g/mol. The van der Waals surface area contributed by atoms with Crippen molar-refractivity contribution in [3.63, 3.8) is 0 Å². The highest BCUT2D eigenvalue weighted by Crippen LogP contribution is 2.22. The van der Waals surface area contributed by atoms with Gasteiger partial charge in [0.1, 0.15) is 5.69 Å². The minimum Gasteiger partial charge on any atom is -0.339 e. The van der Waals surface area contributed by atoms with Gasteiger partial charge in [-0.05, 0) is 31.0 Å². The van der Waals surface area contributed by atoms with Crippen LogP contribution in [-0.4, -0.2) is 27.7 Å². The van der Waals surface area contributed by atoms with Crippen LogP contribution in [0.4, 0.5) is 0 Å². The summed E-state index contributed by atoms with van der Waals surface area (Å²) in [5, 5.41) is 7.96. The van der Waals surface area contributed by atoms with Gasteiger partial charge >= 0.3 is 0 Å². The summed E-state index contributed by atoms with van der Waals surface area (Å²) in [5.41, 5.74) is 0.554. The summed E-state index contributed by atoms with van der Waals surface area (Å²) in [7, 11) is 0. The molecule has 2 aromatic heterocycles. The maximum Gasteiger partial charge on any atom is 0.228 e. The number of nitrogens with zero attached hydrogens (tertiary/aromatic N) is 3. The first-order chi connectivity index (χ1) is 10.1. The summed E-state index contributed by atoms with van der Waals surface area (Å²) in [4.78, 5) is 8.60. The molecule has 0 amide bonds. The third kappa shape index (κ3) is 4.51. The van der Waals surface area contributed by atoms with Crippen LogP contribution in [-0.2, 0) is 6.42 Å². The van der Waals surface area contributed by atoms with E-state index in [1.54, 1.807) is 18.3 Å². The molecule has 0 saturated heterocycles. The zero-order valence-electron chi connectivity index (χ0n) is 12.6. The smallest absolute Gasteiger partial charge is 0.228 e. The van der Waals surface area contributed by atoms with E-state index in [4.69, 9.17) is 16.1 Å². The molecule has 0 saturated carbocycles. The van der Waals surface area contributed by atoms with E-state index >= 15 is 0 Å². The van der Waals surface area contributed by atoms with Crippen LogP contribution < -0.4 is 5.32 Å². The summed E-state index contributed by atoms with van der Waals surface area (Å²) in [6.45, 7) is 7.43. The van der Waals surface area contributed by atoms with Crippen molar-refractivity contribution in [2.75, 3.05) is 6.54 Å². The third-order valence-corrected chi connectivity index (χ3v) is 3.41. The molecule has 2 rings (SSSR count). The van der Waals surface area contributed by atoms with Gasteiger partial charge in [0.2, 0.25) is 11.7 Å². The minimum absolute atomic E-state index is 0.336. The van der Waals surface area contributed by atoms with Crippen molar-refractivity contribution in [2.45, 2.75) is 39.7 Å². The molecule has 114 valence electrons. The average Bonchev–Trinajstić information content (AvgIpc) is 2.87. The van der Waals surface area contributed by atoms with Gasteiger partial charge in [0.25, 0.3) is 0 Å². The van der Waals surface area contributed by atoms with Crippen molar-refractivity contribution >= 4 is 11.6 Å². The van der Waals surface area contributed by atoms with E-state index in [1.807, 2.05) is 0 Å². The fourth-order valence-corrected chi connectivity index (χ4v) is 2.50. The first-order valence-corrected chi connectivity index (χ1v) is 7.64. The number of hydrogen-bond acceptors (Lipinski definition) is 5. The molecule has 0 fully saturated rings. The lowest BCUT2D eigenvalue weighted by atomic mass is 10.0. The van der Waals surface area contributed by atoms with Crippen LogP contribution in [0.2, 0.25) is 5.02 Å². The molecule has 5 nitrogen and oxygen atoms in total. The molecule has 1 atom stereocenters. The highest BCUT2D eigenvalue weighted by atomic mass is 35.5. The van der Waals surface area contributed by atoms with Crippen LogP contribution in [0.25, 0.3) is 11.5 Å². The number of likely N-dealkylation sites (N-methyl/N-ethyl adjacent to an activating group) is 1. The number of nitrogens with one attached hydrogen (secondary N) is 1. The van der Waals surface area contributed by atoms with Crippen molar-refractivity contribution < 1.29 is 4.52 Å². The number of pyridine rings is 1. The van der Waals surface area contributed by atoms with Gasteiger partial charge < -0.3 is 9.84 Å². The SMILES string of the molecule is CCNC(Cc1nc(-c2ncccc2Cl)no1)CC(C)C. The molecule has 2 heterocycles. The predicted molar refractivity (Wildman–Crippen MR) is 83.2 cm³/mol. The molecule has 0 aromatic carbocycles. The summed E-state index contributed by atoms with van der Waals surface area (Å²) in [6.07, 6.45) is 3.44. The van der Waals surface area contributed by atoms with E-state index in [-0.39, 0.29) is 0 Å². The lowest BCUT2D eigenvalue weighted by molar-refractivity contribution is 0.340. The molecular formula is C15H21ClN4O. The molecule has 1 N–H and O–H groups in total. The highest BCUT2D eigenvalue weighted by Gasteiger charge is 2.17. The predicted octanol–water partition coefficient (Wildman–Crippen LogP) is 3.35. The Hall–Kier alpha value is -1.46. The van der Waals surface area contributed by atoms with Gasteiger partial charge in [-0.2, -0.15) is 4.98 Å². The molecule has 0 spiro atoms. The van der Waals surface area contributed by atoms with E-state index in [0.29, 0.717) is 40.8 Å². The molecule has 0 bridgehead atoms. The number of rotatable bonds is 7. The molecule has 21 heavy (non-hydrogen) atoms. The zero-order valence-corrected chi connectivity index (χ0v) is 13.4. The Balaban J connectivity index is 2.10. The topological polar surface area (TPSA) is 63.8 Å². The van der Waals surface area contributed by atoms with Crippen molar-refractivity contribution in [3.8, 4) is 11.5 Å². The number of hydrogen-bond donors (Lipinski definition) is 1. The van der Waals surface area contributed by atoms with Gasteiger partial charge in [-0.1, -0.05) is 37.5 Å². The Morgan fingerprint density at radius 3 is 2.86 bits per heavy atom. The molecule has 0 radical (unpaired) electrons. The Labute approximate surface area is 130 Å². The Bertz CT molecular complexity index is 570. The summed E-state index contributed by atoms with van der Waals surface area (Å²) < 4.78 is 5.33. The van der Waals surface area contributed by atoms with Gasteiger partial charge in [0.15, 0.2) is 0 Å².